The Morgan fingerprint density at radius 2 is 1.55 bits per heavy atom. The van der Waals surface area contributed by atoms with Crippen molar-refractivity contribution in [2.75, 3.05) is 19.7 Å². The maximum Gasteiger partial charge on any atom is 0.411 e. The van der Waals surface area contributed by atoms with Crippen LogP contribution in [0.15, 0.2) is 48.5 Å². The van der Waals surface area contributed by atoms with Crippen LogP contribution < -0.4 is 0 Å². The minimum atomic E-state index is -1.47. The van der Waals surface area contributed by atoms with Gasteiger partial charge in [-0.1, -0.05) is 62.4 Å². The molecule has 1 saturated heterocycles. The first kappa shape index (κ1) is 28.0. The Kier molecular flexibility index (Phi) is 7.09. The fourth-order valence-electron chi connectivity index (χ4n) is 6.33. The van der Waals surface area contributed by atoms with Gasteiger partial charge in [0.05, 0.1) is 0 Å². The Balaban J connectivity index is 1.39. The molecule has 2 atom stereocenters. The van der Waals surface area contributed by atoms with Gasteiger partial charge in [-0.2, -0.15) is 0 Å². The SMILES string of the molecule is CC(C)(C)OC(=O)N1CCCC(C(=O)O)(N(C(=O)OCC2c3ccccc3-c3ccccc32)[C@H]2CC2(C)C)CC1. The van der Waals surface area contributed by atoms with Gasteiger partial charge in [-0.3, -0.25) is 4.90 Å². The largest absolute Gasteiger partial charge is 0.479 e. The molecule has 1 N–H and O–H groups in total. The van der Waals surface area contributed by atoms with Gasteiger partial charge in [-0.25, -0.2) is 14.4 Å². The first-order valence-electron chi connectivity index (χ1n) is 14.2. The van der Waals surface area contributed by atoms with Gasteiger partial charge in [0.15, 0.2) is 0 Å². The molecular weight excluding hydrogens is 508 g/mol. The zero-order chi connectivity index (χ0) is 28.9. The van der Waals surface area contributed by atoms with Crippen molar-refractivity contribution in [2.45, 2.75) is 83.4 Å². The number of carboxylic acid groups (broad SMARTS) is 1. The number of rotatable bonds is 5. The van der Waals surface area contributed by atoms with Crippen molar-refractivity contribution in [2.24, 2.45) is 5.41 Å². The lowest BCUT2D eigenvalue weighted by Gasteiger charge is -2.40. The zero-order valence-corrected chi connectivity index (χ0v) is 24.1. The first-order valence-corrected chi connectivity index (χ1v) is 14.2. The van der Waals surface area contributed by atoms with Crippen molar-refractivity contribution in [1.29, 1.82) is 0 Å². The Morgan fingerprint density at radius 1 is 0.975 bits per heavy atom. The number of carboxylic acids is 1. The number of aliphatic carboxylic acids is 1. The van der Waals surface area contributed by atoms with E-state index in [9.17, 15) is 19.5 Å². The fraction of sp³-hybridized carbons (Fsp3) is 0.531. The number of amides is 2. The summed E-state index contributed by atoms with van der Waals surface area (Å²) in [6.45, 7) is 10.2. The highest BCUT2D eigenvalue weighted by molar-refractivity contribution is 5.85. The molecule has 40 heavy (non-hydrogen) atoms. The van der Waals surface area contributed by atoms with Crippen LogP contribution in [0, 0.1) is 5.41 Å². The molecule has 5 rings (SSSR count). The highest BCUT2D eigenvalue weighted by Crippen LogP contribution is 2.53. The Hall–Kier alpha value is -3.55. The molecule has 0 bridgehead atoms. The second-order valence-corrected chi connectivity index (χ2v) is 13.0. The molecule has 1 heterocycles. The fourth-order valence-corrected chi connectivity index (χ4v) is 6.33. The molecule has 1 unspecified atom stereocenters. The number of benzene rings is 2. The van der Waals surface area contributed by atoms with Crippen molar-refractivity contribution in [3.05, 3.63) is 59.7 Å². The van der Waals surface area contributed by atoms with Crippen molar-refractivity contribution in [3.8, 4) is 11.1 Å². The van der Waals surface area contributed by atoms with Gasteiger partial charge in [0.2, 0.25) is 0 Å². The van der Waals surface area contributed by atoms with Crippen LogP contribution in [0.2, 0.25) is 0 Å². The van der Waals surface area contributed by atoms with Crippen LogP contribution in [-0.4, -0.2) is 69.9 Å². The van der Waals surface area contributed by atoms with Crippen LogP contribution in [0.1, 0.15) is 77.3 Å². The number of likely N-dealkylation sites (tertiary alicyclic amines) is 1. The van der Waals surface area contributed by atoms with E-state index in [1.165, 1.54) is 4.90 Å². The smallest absolute Gasteiger partial charge is 0.411 e. The summed E-state index contributed by atoms with van der Waals surface area (Å²) in [5.74, 6) is -1.18. The number of carbonyl (C=O) groups is 3. The number of nitrogens with zero attached hydrogens (tertiary/aromatic N) is 2. The maximum absolute atomic E-state index is 14.0. The van der Waals surface area contributed by atoms with Gasteiger partial charge in [0, 0.05) is 25.0 Å². The summed E-state index contributed by atoms with van der Waals surface area (Å²) in [4.78, 5) is 42.8. The van der Waals surface area contributed by atoms with Gasteiger partial charge >= 0.3 is 18.2 Å². The molecule has 2 aromatic rings. The molecule has 1 aliphatic heterocycles. The Labute approximate surface area is 236 Å². The lowest BCUT2D eigenvalue weighted by Crippen LogP contribution is -2.59. The molecule has 8 nitrogen and oxygen atoms in total. The van der Waals surface area contributed by atoms with Crippen LogP contribution in [-0.2, 0) is 14.3 Å². The van der Waals surface area contributed by atoms with Crippen LogP contribution >= 0.6 is 0 Å². The number of hydrogen-bond acceptors (Lipinski definition) is 5. The molecular formula is C32H40N2O6. The molecule has 0 aromatic heterocycles. The second-order valence-electron chi connectivity index (χ2n) is 13.0. The van der Waals surface area contributed by atoms with E-state index in [2.05, 4.69) is 24.3 Å². The summed E-state index contributed by atoms with van der Waals surface area (Å²) in [5, 5.41) is 10.6. The van der Waals surface area contributed by atoms with Gasteiger partial charge in [0.1, 0.15) is 17.7 Å². The first-order chi connectivity index (χ1) is 18.8. The zero-order valence-electron chi connectivity index (χ0n) is 24.1. The standard InChI is InChI=1S/C32H40N2O6/c1-30(2,3)40-28(37)33-17-10-15-32(16-18-33,27(35)36)34(26-19-31(26,4)5)29(38)39-20-25-23-13-8-6-11-21(23)22-12-7-9-14-24(22)25/h6-9,11-14,25-26H,10,15-20H2,1-5H3,(H,35,36)/t26-,32?/m0/s1. The van der Waals surface area contributed by atoms with E-state index < -0.39 is 29.3 Å². The van der Waals surface area contributed by atoms with Gasteiger partial charge < -0.3 is 19.5 Å². The minimum Gasteiger partial charge on any atom is -0.479 e. The predicted octanol–water partition coefficient (Wildman–Crippen LogP) is 6.28. The molecule has 2 aliphatic carbocycles. The molecule has 0 spiro atoms. The summed E-state index contributed by atoms with van der Waals surface area (Å²) < 4.78 is 11.6. The van der Waals surface area contributed by atoms with Crippen molar-refractivity contribution in [3.63, 3.8) is 0 Å². The maximum atomic E-state index is 14.0. The number of hydrogen-bond donors (Lipinski definition) is 1. The van der Waals surface area contributed by atoms with Crippen molar-refractivity contribution >= 4 is 18.2 Å². The van der Waals surface area contributed by atoms with Crippen LogP contribution in [0.3, 0.4) is 0 Å². The molecule has 3 aliphatic rings. The quantitative estimate of drug-likeness (QED) is 0.472. The highest BCUT2D eigenvalue weighted by Gasteiger charge is 2.60. The summed E-state index contributed by atoms with van der Waals surface area (Å²) in [5.41, 5.74) is 2.12. The Bertz CT molecular complexity index is 1270. The molecule has 1 saturated carbocycles. The third-order valence-corrected chi connectivity index (χ3v) is 8.63. The van der Waals surface area contributed by atoms with Gasteiger partial charge in [-0.05, 0) is 74.1 Å². The van der Waals surface area contributed by atoms with E-state index in [-0.39, 0.29) is 43.4 Å². The van der Waals surface area contributed by atoms with Crippen LogP contribution in [0.25, 0.3) is 11.1 Å². The molecule has 2 fully saturated rings. The lowest BCUT2D eigenvalue weighted by molar-refractivity contribution is -0.152. The van der Waals surface area contributed by atoms with Crippen molar-refractivity contribution < 1.29 is 29.0 Å². The van der Waals surface area contributed by atoms with E-state index in [1.54, 1.807) is 25.7 Å². The summed E-state index contributed by atoms with van der Waals surface area (Å²) in [6, 6.07) is 16.0. The predicted molar refractivity (Wildman–Crippen MR) is 151 cm³/mol. The number of carbonyl (C=O) groups excluding carboxylic acids is 2. The van der Waals surface area contributed by atoms with E-state index in [0.29, 0.717) is 19.4 Å². The topological polar surface area (TPSA) is 96.4 Å². The highest BCUT2D eigenvalue weighted by atomic mass is 16.6. The Morgan fingerprint density at radius 3 is 2.08 bits per heavy atom. The van der Waals surface area contributed by atoms with E-state index in [1.807, 2.05) is 38.1 Å². The average Bonchev–Trinajstić information content (AvgIpc) is 3.47. The summed E-state index contributed by atoms with van der Waals surface area (Å²) in [6.07, 6.45) is 0.406. The molecule has 2 amide bonds. The van der Waals surface area contributed by atoms with E-state index in [0.717, 1.165) is 22.3 Å². The monoisotopic (exact) mass is 548 g/mol. The second kappa shape index (κ2) is 10.1. The third-order valence-electron chi connectivity index (χ3n) is 8.63. The van der Waals surface area contributed by atoms with E-state index >= 15 is 0 Å². The van der Waals surface area contributed by atoms with Crippen LogP contribution in [0.4, 0.5) is 9.59 Å². The lowest BCUT2D eigenvalue weighted by atomic mass is 9.88. The third kappa shape index (κ3) is 5.16. The molecule has 8 heteroatoms. The number of fused-ring (bicyclic) bond motifs is 3. The molecule has 214 valence electrons. The average molecular weight is 549 g/mol. The normalized spacial score (nSPS) is 23.4. The molecule has 0 radical (unpaired) electrons. The molecule has 2 aromatic carbocycles. The van der Waals surface area contributed by atoms with Crippen molar-refractivity contribution in [1.82, 2.24) is 9.80 Å². The minimum absolute atomic E-state index is 0.109. The van der Waals surface area contributed by atoms with E-state index in [4.69, 9.17) is 9.47 Å². The van der Waals surface area contributed by atoms with Crippen LogP contribution in [0.5, 0.6) is 0 Å². The summed E-state index contributed by atoms with van der Waals surface area (Å²) in [7, 11) is 0. The van der Waals surface area contributed by atoms with Gasteiger partial charge in [-0.15, -0.1) is 0 Å². The summed E-state index contributed by atoms with van der Waals surface area (Å²) >= 11 is 0. The number of ether oxygens (including phenoxy) is 2. The van der Waals surface area contributed by atoms with Gasteiger partial charge in [0.25, 0.3) is 0 Å².